The van der Waals surface area contributed by atoms with Crippen molar-refractivity contribution in [3.05, 3.63) is 41.3 Å². The molecule has 0 amide bonds. The van der Waals surface area contributed by atoms with E-state index in [0.29, 0.717) is 11.5 Å². The number of carboxylic acid groups (broad SMARTS) is 1. The van der Waals surface area contributed by atoms with E-state index in [1.807, 2.05) is 36.4 Å². The van der Waals surface area contributed by atoms with E-state index in [0.717, 1.165) is 27.8 Å². The molecule has 1 aliphatic carbocycles. The van der Waals surface area contributed by atoms with Crippen LogP contribution < -0.4 is 0 Å². The van der Waals surface area contributed by atoms with Crippen LogP contribution >= 0.6 is 11.3 Å². The first kappa shape index (κ1) is 13.4. The molecular weight excluding hydrogens is 268 g/mol. The zero-order valence-electron chi connectivity index (χ0n) is 11.3. The molecule has 104 valence electrons. The fourth-order valence-electron chi connectivity index (χ4n) is 2.91. The van der Waals surface area contributed by atoms with Gasteiger partial charge in [0.15, 0.2) is 0 Å². The Labute approximate surface area is 122 Å². The van der Waals surface area contributed by atoms with Crippen molar-refractivity contribution < 1.29 is 9.90 Å². The first-order chi connectivity index (χ1) is 9.74. The van der Waals surface area contributed by atoms with Gasteiger partial charge in [0.2, 0.25) is 0 Å². The van der Waals surface area contributed by atoms with Crippen molar-refractivity contribution in [3.63, 3.8) is 0 Å². The van der Waals surface area contributed by atoms with Crippen LogP contribution in [0, 0.1) is 5.92 Å². The number of allylic oxidation sites excluding steroid dienone is 1. The van der Waals surface area contributed by atoms with E-state index >= 15 is 0 Å². The quantitative estimate of drug-likeness (QED) is 0.811. The van der Waals surface area contributed by atoms with Crippen LogP contribution in [0.25, 0.3) is 15.7 Å². The molecule has 3 rings (SSSR count). The van der Waals surface area contributed by atoms with Gasteiger partial charge in [-0.25, -0.2) is 4.79 Å². The van der Waals surface area contributed by atoms with Gasteiger partial charge in [0.1, 0.15) is 0 Å². The number of aliphatic carboxylic acids is 1. The van der Waals surface area contributed by atoms with Gasteiger partial charge in [0.25, 0.3) is 0 Å². The maximum atomic E-state index is 11.6. The molecule has 2 aromatic rings. The summed E-state index contributed by atoms with van der Waals surface area (Å²) in [4.78, 5) is 12.5. The Hall–Kier alpha value is -1.61. The number of thiophene rings is 1. The van der Waals surface area contributed by atoms with Crippen LogP contribution in [-0.4, -0.2) is 11.1 Å². The molecule has 1 fully saturated rings. The van der Waals surface area contributed by atoms with Crippen molar-refractivity contribution in [1.82, 2.24) is 0 Å². The predicted octanol–water partition coefficient (Wildman–Crippen LogP) is 4.95. The Bertz CT molecular complexity index is 615. The van der Waals surface area contributed by atoms with E-state index in [1.54, 1.807) is 11.3 Å². The van der Waals surface area contributed by atoms with Gasteiger partial charge in [0.05, 0.1) is 5.57 Å². The minimum absolute atomic E-state index is 0.431. The summed E-state index contributed by atoms with van der Waals surface area (Å²) in [5.41, 5.74) is 0.484. The van der Waals surface area contributed by atoms with Gasteiger partial charge >= 0.3 is 5.97 Å². The Morgan fingerprint density at radius 2 is 1.95 bits per heavy atom. The molecule has 0 spiro atoms. The number of rotatable bonds is 3. The lowest BCUT2D eigenvalue weighted by atomic mass is 9.87. The predicted molar refractivity (Wildman–Crippen MR) is 84.0 cm³/mol. The molecule has 0 radical (unpaired) electrons. The van der Waals surface area contributed by atoms with Gasteiger partial charge in [-0.3, -0.25) is 0 Å². The minimum atomic E-state index is -0.804. The molecular formula is C17H18O2S. The highest BCUT2D eigenvalue weighted by Crippen LogP contribution is 2.33. The fourth-order valence-corrected chi connectivity index (χ4v) is 3.99. The van der Waals surface area contributed by atoms with Gasteiger partial charge in [-0.2, -0.15) is 0 Å². The maximum absolute atomic E-state index is 11.6. The largest absolute Gasteiger partial charge is 0.478 e. The minimum Gasteiger partial charge on any atom is -0.478 e. The molecule has 1 saturated carbocycles. The zero-order valence-corrected chi connectivity index (χ0v) is 12.2. The van der Waals surface area contributed by atoms with Crippen molar-refractivity contribution in [2.45, 2.75) is 32.1 Å². The Morgan fingerprint density at radius 1 is 1.20 bits per heavy atom. The number of carbonyl (C=O) groups is 1. The summed E-state index contributed by atoms with van der Waals surface area (Å²) in [5.74, 6) is -0.373. The molecule has 1 aromatic carbocycles. The van der Waals surface area contributed by atoms with Gasteiger partial charge in [-0.15, -0.1) is 11.3 Å². The fraction of sp³-hybridized carbons (Fsp3) is 0.353. The first-order valence-corrected chi connectivity index (χ1v) is 8.00. The highest BCUT2D eigenvalue weighted by molar-refractivity contribution is 7.20. The summed E-state index contributed by atoms with van der Waals surface area (Å²) in [5, 5.41) is 10.6. The Balaban J connectivity index is 1.97. The highest BCUT2D eigenvalue weighted by atomic mass is 32.1. The molecule has 1 heterocycles. The molecule has 3 heteroatoms. The summed E-state index contributed by atoms with van der Waals surface area (Å²) in [6, 6.07) is 10.1. The normalized spacial score (nSPS) is 17.5. The van der Waals surface area contributed by atoms with Crippen LogP contribution in [0.1, 0.15) is 37.0 Å². The number of benzene rings is 1. The summed E-state index contributed by atoms with van der Waals surface area (Å²) in [7, 11) is 0. The molecule has 1 aromatic heterocycles. The molecule has 0 bridgehead atoms. The Morgan fingerprint density at radius 3 is 2.65 bits per heavy atom. The second-order valence-electron chi connectivity index (χ2n) is 5.43. The third kappa shape index (κ3) is 2.78. The average molecular weight is 286 g/mol. The second kappa shape index (κ2) is 5.80. The van der Waals surface area contributed by atoms with Crippen molar-refractivity contribution in [1.29, 1.82) is 0 Å². The topological polar surface area (TPSA) is 37.3 Å². The molecule has 0 atom stereocenters. The molecule has 0 aliphatic heterocycles. The monoisotopic (exact) mass is 286 g/mol. The lowest BCUT2D eigenvalue weighted by Crippen LogP contribution is -2.06. The number of fused-ring (bicyclic) bond motifs is 1. The lowest BCUT2D eigenvalue weighted by Gasteiger charge is -2.18. The summed E-state index contributed by atoms with van der Waals surface area (Å²) in [6.07, 6.45) is 7.98. The lowest BCUT2D eigenvalue weighted by molar-refractivity contribution is -0.130. The van der Waals surface area contributed by atoms with E-state index in [9.17, 15) is 9.90 Å². The van der Waals surface area contributed by atoms with Gasteiger partial charge in [-0.05, 0) is 36.3 Å². The number of carboxylic acids is 1. The smallest absolute Gasteiger partial charge is 0.336 e. The highest BCUT2D eigenvalue weighted by Gasteiger charge is 2.18. The maximum Gasteiger partial charge on any atom is 0.336 e. The standard InChI is InChI=1S/C17H18O2S/c18-17(19)14(10-12-6-2-1-3-7-12)16-11-13-8-4-5-9-15(13)20-16/h4-5,8-12H,1-3,6-7H2,(H,18,19)/b14-10-. The summed E-state index contributed by atoms with van der Waals surface area (Å²) in [6.45, 7) is 0. The first-order valence-electron chi connectivity index (χ1n) is 7.18. The summed E-state index contributed by atoms with van der Waals surface area (Å²) >= 11 is 1.57. The molecule has 1 N–H and O–H groups in total. The van der Waals surface area contributed by atoms with Crippen molar-refractivity contribution in [2.24, 2.45) is 5.92 Å². The average Bonchev–Trinajstić information content (AvgIpc) is 2.89. The SMILES string of the molecule is O=C(O)/C(=C\C1CCCCC1)c1cc2ccccc2s1. The number of hydrogen-bond acceptors (Lipinski definition) is 2. The molecule has 0 saturated heterocycles. The van der Waals surface area contributed by atoms with Crippen molar-refractivity contribution >= 4 is 33.0 Å². The number of hydrogen-bond donors (Lipinski definition) is 1. The summed E-state index contributed by atoms with van der Waals surface area (Å²) < 4.78 is 1.15. The van der Waals surface area contributed by atoms with E-state index in [2.05, 4.69) is 0 Å². The molecule has 0 unspecified atom stereocenters. The van der Waals surface area contributed by atoms with Crippen LogP contribution in [0.3, 0.4) is 0 Å². The van der Waals surface area contributed by atoms with Gasteiger partial charge in [-0.1, -0.05) is 43.5 Å². The third-order valence-electron chi connectivity index (χ3n) is 3.97. The zero-order chi connectivity index (χ0) is 13.9. The molecule has 1 aliphatic rings. The van der Waals surface area contributed by atoms with E-state index in [4.69, 9.17) is 0 Å². The van der Waals surface area contributed by atoms with E-state index in [1.165, 1.54) is 19.3 Å². The van der Waals surface area contributed by atoms with Crippen molar-refractivity contribution in [3.8, 4) is 0 Å². The van der Waals surface area contributed by atoms with Gasteiger partial charge < -0.3 is 5.11 Å². The van der Waals surface area contributed by atoms with Crippen LogP contribution in [0.15, 0.2) is 36.4 Å². The van der Waals surface area contributed by atoms with Crippen LogP contribution in [0.5, 0.6) is 0 Å². The van der Waals surface area contributed by atoms with Crippen molar-refractivity contribution in [2.75, 3.05) is 0 Å². The molecule has 20 heavy (non-hydrogen) atoms. The van der Waals surface area contributed by atoms with Crippen LogP contribution in [0.4, 0.5) is 0 Å². The van der Waals surface area contributed by atoms with Crippen LogP contribution in [0.2, 0.25) is 0 Å². The molecule has 2 nitrogen and oxygen atoms in total. The van der Waals surface area contributed by atoms with Gasteiger partial charge in [0, 0.05) is 9.58 Å². The van der Waals surface area contributed by atoms with E-state index in [-0.39, 0.29) is 0 Å². The Kier molecular flexibility index (Phi) is 3.88. The third-order valence-corrected chi connectivity index (χ3v) is 5.12. The van der Waals surface area contributed by atoms with E-state index < -0.39 is 5.97 Å². The van der Waals surface area contributed by atoms with Crippen LogP contribution in [-0.2, 0) is 4.79 Å². The second-order valence-corrected chi connectivity index (χ2v) is 6.52.